The predicted molar refractivity (Wildman–Crippen MR) is 122 cm³/mol. The summed E-state index contributed by atoms with van der Waals surface area (Å²) in [6.45, 7) is 0. The number of para-hydroxylation sites is 1. The van der Waals surface area contributed by atoms with Gasteiger partial charge in [-0.2, -0.15) is 0 Å². The van der Waals surface area contributed by atoms with Gasteiger partial charge in [0.2, 0.25) is 0 Å². The molecule has 4 nitrogen and oxygen atoms in total. The van der Waals surface area contributed by atoms with Crippen molar-refractivity contribution in [2.24, 2.45) is 4.99 Å². The third-order valence-electron chi connectivity index (χ3n) is 4.71. The summed E-state index contributed by atoms with van der Waals surface area (Å²) in [6, 6.07) is 33.7. The number of hydrogen-bond donors (Lipinski definition) is 1. The van der Waals surface area contributed by atoms with Crippen LogP contribution in [-0.2, 0) is 0 Å². The number of aliphatic imine (C=N–C) groups is 1. The van der Waals surface area contributed by atoms with Crippen molar-refractivity contribution >= 4 is 22.9 Å². The van der Waals surface area contributed by atoms with Crippen LogP contribution in [0.25, 0.3) is 22.4 Å². The maximum Gasteiger partial charge on any atom is 0.138 e. The van der Waals surface area contributed by atoms with E-state index >= 15 is 0 Å². The smallest absolute Gasteiger partial charge is 0.138 e. The van der Waals surface area contributed by atoms with E-state index in [0.29, 0.717) is 0 Å². The lowest BCUT2D eigenvalue weighted by atomic mass is 10.2. The molecule has 0 aliphatic rings. The van der Waals surface area contributed by atoms with Crippen molar-refractivity contribution in [2.75, 3.05) is 0 Å². The highest BCUT2D eigenvalue weighted by Gasteiger charge is 2.05. The van der Waals surface area contributed by atoms with Crippen molar-refractivity contribution in [3.05, 3.63) is 109 Å². The molecule has 0 atom stereocenters. The van der Waals surface area contributed by atoms with Crippen LogP contribution < -0.4 is 4.74 Å². The minimum atomic E-state index is 0.779. The fourth-order valence-corrected chi connectivity index (χ4v) is 3.24. The van der Waals surface area contributed by atoms with Gasteiger partial charge in [-0.25, -0.2) is 4.98 Å². The Morgan fingerprint density at radius 2 is 1.50 bits per heavy atom. The molecule has 0 amide bonds. The Balaban J connectivity index is 1.37. The third-order valence-corrected chi connectivity index (χ3v) is 4.71. The molecule has 5 rings (SSSR count). The number of imidazole rings is 1. The van der Waals surface area contributed by atoms with Gasteiger partial charge in [0, 0.05) is 11.8 Å². The molecule has 4 heteroatoms. The van der Waals surface area contributed by atoms with E-state index in [9.17, 15) is 0 Å². The lowest BCUT2D eigenvalue weighted by Gasteiger charge is -2.05. The van der Waals surface area contributed by atoms with Crippen molar-refractivity contribution in [1.29, 1.82) is 0 Å². The summed E-state index contributed by atoms with van der Waals surface area (Å²) in [4.78, 5) is 12.7. The number of fused-ring (bicyclic) bond motifs is 1. The van der Waals surface area contributed by atoms with Gasteiger partial charge in [0.1, 0.15) is 17.3 Å². The van der Waals surface area contributed by atoms with Crippen molar-refractivity contribution in [3.8, 4) is 22.9 Å². The van der Waals surface area contributed by atoms with E-state index in [1.165, 1.54) is 0 Å². The maximum absolute atomic E-state index is 5.90. The molecule has 0 aliphatic heterocycles. The second-order valence-electron chi connectivity index (χ2n) is 6.90. The number of nitrogens with zero attached hydrogens (tertiary/aromatic N) is 2. The molecular formula is C26H19N3O. The Bertz CT molecular complexity index is 1310. The lowest BCUT2D eigenvalue weighted by molar-refractivity contribution is 0.482. The molecule has 0 aliphatic carbocycles. The fourth-order valence-electron chi connectivity index (χ4n) is 3.24. The van der Waals surface area contributed by atoms with Crippen molar-refractivity contribution in [2.45, 2.75) is 0 Å². The molecule has 0 fully saturated rings. The van der Waals surface area contributed by atoms with Gasteiger partial charge in [-0.3, -0.25) is 4.99 Å². The SMILES string of the molecule is C(=Nc1ccc2nc(-c3ccccc3)[nH]c2c1)c1cccc(Oc2ccccc2)c1. The normalized spacial score (nSPS) is 11.2. The minimum absolute atomic E-state index is 0.779. The van der Waals surface area contributed by atoms with E-state index in [1.54, 1.807) is 0 Å². The monoisotopic (exact) mass is 389 g/mol. The average Bonchev–Trinajstić information content (AvgIpc) is 3.23. The van der Waals surface area contributed by atoms with Crippen LogP contribution in [0.15, 0.2) is 108 Å². The summed E-state index contributed by atoms with van der Waals surface area (Å²) in [5.41, 5.74) is 4.78. The quantitative estimate of drug-likeness (QED) is 0.337. The standard InChI is InChI=1S/C26H19N3O/c1-3-9-20(10-4-1)26-28-24-15-14-21(17-25(24)29-26)27-18-19-8-7-13-23(16-19)30-22-11-5-2-6-12-22/h1-18H,(H,28,29). The van der Waals surface area contributed by atoms with Crippen LogP contribution >= 0.6 is 0 Å². The molecular weight excluding hydrogens is 370 g/mol. The topological polar surface area (TPSA) is 50.3 Å². The molecule has 1 N–H and O–H groups in total. The zero-order valence-electron chi connectivity index (χ0n) is 16.2. The molecule has 0 unspecified atom stereocenters. The van der Waals surface area contributed by atoms with Crippen molar-refractivity contribution in [3.63, 3.8) is 0 Å². The molecule has 0 radical (unpaired) electrons. The minimum Gasteiger partial charge on any atom is -0.457 e. The molecule has 0 saturated heterocycles. The Morgan fingerprint density at radius 1 is 0.733 bits per heavy atom. The van der Waals surface area contributed by atoms with Crippen LogP contribution in [-0.4, -0.2) is 16.2 Å². The highest BCUT2D eigenvalue weighted by molar-refractivity contribution is 5.86. The number of rotatable bonds is 5. The van der Waals surface area contributed by atoms with Crippen LogP contribution in [0.4, 0.5) is 5.69 Å². The van der Waals surface area contributed by atoms with Crippen LogP contribution in [0.5, 0.6) is 11.5 Å². The Kier molecular flexibility index (Phi) is 4.80. The summed E-state index contributed by atoms with van der Waals surface area (Å²) in [7, 11) is 0. The zero-order valence-corrected chi connectivity index (χ0v) is 16.2. The van der Waals surface area contributed by atoms with Gasteiger partial charge in [0.05, 0.1) is 16.7 Å². The number of aromatic nitrogens is 2. The van der Waals surface area contributed by atoms with E-state index < -0.39 is 0 Å². The van der Waals surface area contributed by atoms with E-state index in [0.717, 1.165) is 45.2 Å². The first-order chi connectivity index (χ1) is 14.8. The zero-order chi connectivity index (χ0) is 20.2. The summed E-state index contributed by atoms with van der Waals surface area (Å²) in [6.07, 6.45) is 1.84. The Hall–Kier alpha value is -4.18. The number of H-pyrrole nitrogens is 1. The largest absolute Gasteiger partial charge is 0.457 e. The Labute approximate surface area is 174 Å². The number of ether oxygens (including phenoxy) is 1. The lowest BCUT2D eigenvalue weighted by Crippen LogP contribution is -1.86. The first-order valence-corrected chi connectivity index (χ1v) is 9.76. The first-order valence-electron chi connectivity index (χ1n) is 9.76. The summed E-state index contributed by atoms with van der Waals surface area (Å²) < 4.78 is 5.90. The van der Waals surface area contributed by atoms with Gasteiger partial charge in [-0.1, -0.05) is 60.7 Å². The van der Waals surface area contributed by atoms with E-state index in [-0.39, 0.29) is 0 Å². The molecule has 5 aromatic rings. The predicted octanol–water partition coefficient (Wildman–Crippen LogP) is 6.77. The third kappa shape index (κ3) is 3.98. The summed E-state index contributed by atoms with van der Waals surface area (Å²) in [5.74, 6) is 2.45. The molecule has 1 aromatic heterocycles. The van der Waals surface area contributed by atoms with E-state index in [2.05, 4.69) is 15.0 Å². The highest BCUT2D eigenvalue weighted by atomic mass is 16.5. The second-order valence-corrected chi connectivity index (χ2v) is 6.90. The maximum atomic E-state index is 5.90. The molecule has 4 aromatic carbocycles. The van der Waals surface area contributed by atoms with Gasteiger partial charge in [0.15, 0.2) is 0 Å². The molecule has 0 bridgehead atoms. The average molecular weight is 389 g/mol. The molecule has 144 valence electrons. The molecule has 1 heterocycles. The van der Waals surface area contributed by atoms with Gasteiger partial charge in [-0.15, -0.1) is 0 Å². The van der Waals surface area contributed by atoms with Crippen LogP contribution in [0.2, 0.25) is 0 Å². The van der Waals surface area contributed by atoms with Gasteiger partial charge >= 0.3 is 0 Å². The summed E-state index contributed by atoms with van der Waals surface area (Å²) in [5, 5.41) is 0. The summed E-state index contributed by atoms with van der Waals surface area (Å²) >= 11 is 0. The van der Waals surface area contributed by atoms with Crippen molar-refractivity contribution < 1.29 is 4.74 Å². The van der Waals surface area contributed by atoms with Gasteiger partial charge in [0.25, 0.3) is 0 Å². The molecule has 30 heavy (non-hydrogen) atoms. The number of hydrogen-bond acceptors (Lipinski definition) is 3. The van der Waals surface area contributed by atoms with Crippen LogP contribution in [0, 0.1) is 0 Å². The highest BCUT2D eigenvalue weighted by Crippen LogP contribution is 2.25. The van der Waals surface area contributed by atoms with E-state index in [4.69, 9.17) is 4.74 Å². The first kappa shape index (κ1) is 17.9. The number of benzene rings is 4. The van der Waals surface area contributed by atoms with Crippen molar-refractivity contribution in [1.82, 2.24) is 9.97 Å². The number of nitrogens with one attached hydrogen (secondary N) is 1. The fraction of sp³-hybridized carbons (Fsp3) is 0. The van der Waals surface area contributed by atoms with Gasteiger partial charge in [-0.05, 0) is 48.0 Å². The number of aromatic amines is 1. The second kappa shape index (κ2) is 8.05. The molecule has 0 saturated carbocycles. The van der Waals surface area contributed by atoms with E-state index in [1.807, 2.05) is 109 Å². The molecule has 0 spiro atoms. The Morgan fingerprint density at radius 3 is 2.33 bits per heavy atom. The van der Waals surface area contributed by atoms with Crippen LogP contribution in [0.3, 0.4) is 0 Å². The van der Waals surface area contributed by atoms with Gasteiger partial charge < -0.3 is 9.72 Å². The van der Waals surface area contributed by atoms with Crippen LogP contribution in [0.1, 0.15) is 5.56 Å².